The van der Waals surface area contributed by atoms with Gasteiger partial charge in [-0.1, -0.05) is 16.8 Å². The number of oxime groups is 1. The van der Waals surface area contributed by atoms with E-state index in [2.05, 4.69) is 40.7 Å². The lowest BCUT2D eigenvalue weighted by Crippen LogP contribution is -2.14. The number of halogens is 2. The van der Waals surface area contributed by atoms with Gasteiger partial charge < -0.3 is 25.8 Å². The van der Waals surface area contributed by atoms with Gasteiger partial charge in [0.2, 0.25) is 5.95 Å². The number of benzene rings is 1. The van der Waals surface area contributed by atoms with E-state index in [0.29, 0.717) is 34.9 Å². The minimum Gasteiger partial charge on any atom is -0.409 e. The Bertz CT molecular complexity index is 1140. The fourth-order valence-electron chi connectivity index (χ4n) is 2.61. The second-order valence-corrected chi connectivity index (χ2v) is 6.14. The highest BCUT2D eigenvalue weighted by molar-refractivity contribution is 6.31. The average molecular weight is 401 g/mol. The third-order valence-electron chi connectivity index (χ3n) is 3.91. The Morgan fingerprint density at radius 3 is 2.89 bits per heavy atom. The molecule has 142 valence electrons. The van der Waals surface area contributed by atoms with Gasteiger partial charge in [0.15, 0.2) is 11.5 Å². The van der Waals surface area contributed by atoms with Crippen LogP contribution in [0.15, 0.2) is 48.0 Å². The number of imidazole rings is 2. The molecule has 0 spiro atoms. The van der Waals surface area contributed by atoms with Crippen LogP contribution in [0.5, 0.6) is 0 Å². The van der Waals surface area contributed by atoms with E-state index in [-0.39, 0.29) is 10.9 Å². The SMILES string of the molecule is O/N=C(\Nc1ccc(F)c(Cl)c1)c1ccnc2nc(NCc3ncc[nH]3)[nH]c12. The van der Waals surface area contributed by atoms with Crippen LogP contribution >= 0.6 is 11.6 Å². The Hall–Kier alpha value is -3.66. The van der Waals surface area contributed by atoms with Gasteiger partial charge in [-0.25, -0.2) is 14.4 Å². The van der Waals surface area contributed by atoms with E-state index in [9.17, 15) is 9.60 Å². The van der Waals surface area contributed by atoms with E-state index >= 15 is 0 Å². The maximum absolute atomic E-state index is 13.4. The molecule has 0 aliphatic rings. The van der Waals surface area contributed by atoms with E-state index in [1.54, 1.807) is 24.7 Å². The van der Waals surface area contributed by atoms with E-state index in [1.165, 1.54) is 18.2 Å². The number of pyridine rings is 1. The van der Waals surface area contributed by atoms with E-state index in [0.717, 1.165) is 5.82 Å². The Kier molecular flexibility index (Phi) is 4.77. The van der Waals surface area contributed by atoms with Crippen LogP contribution in [-0.4, -0.2) is 36.0 Å². The summed E-state index contributed by atoms with van der Waals surface area (Å²) in [6, 6.07) is 5.75. The van der Waals surface area contributed by atoms with E-state index < -0.39 is 5.82 Å². The Morgan fingerprint density at radius 2 is 2.14 bits per heavy atom. The second kappa shape index (κ2) is 7.53. The number of rotatable bonds is 5. The van der Waals surface area contributed by atoms with E-state index in [4.69, 9.17) is 11.6 Å². The van der Waals surface area contributed by atoms with Crippen LogP contribution in [-0.2, 0) is 6.54 Å². The van der Waals surface area contributed by atoms with Crippen molar-refractivity contribution in [2.45, 2.75) is 6.54 Å². The number of amidine groups is 1. The molecule has 0 fully saturated rings. The van der Waals surface area contributed by atoms with E-state index in [1.807, 2.05) is 0 Å². The van der Waals surface area contributed by atoms with Crippen molar-refractivity contribution in [3.8, 4) is 0 Å². The van der Waals surface area contributed by atoms with Crippen LogP contribution in [0, 0.1) is 5.82 Å². The van der Waals surface area contributed by atoms with Crippen molar-refractivity contribution in [3.63, 3.8) is 0 Å². The molecule has 0 atom stereocenters. The molecule has 0 bridgehead atoms. The number of nitrogens with one attached hydrogen (secondary N) is 4. The summed E-state index contributed by atoms with van der Waals surface area (Å²) >= 11 is 5.80. The smallest absolute Gasteiger partial charge is 0.203 e. The summed E-state index contributed by atoms with van der Waals surface area (Å²) in [4.78, 5) is 18.8. The summed E-state index contributed by atoms with van der Waals surface area (Å²) in [5.74, 6) is 0.813. The Morgan fingerprint density at radius 1 is 1.25 bits per heavy atom. The maximum Gasteiger partial charge on any atom is 0.203 e. The molecule has 0 unspecified atom stereocenters. The lowest BCUT2D eigenvalue weighted by molar-refractivity contribution is 0.319. The molecular weight excluding hydrogens is 387 g/mol. The third-order valence-corrected chi connectivity index (χ3v) is 4.20. The first kappa shape index (κ1) is 17.7. The monoisotopic (exact) mass is 400 g/mol. The molecule has 9 nitrogen and oxygen atoms in total. The summed E-state index contributed by atoms with van der Waals surface area (Å²) in [5, 5.41) is 18.8. The number of hydrogen-bond acceptors (Lipinski definition) is 6. The molecule has 3 aromatic heterocycles. The summed E-state index contributed by atoms with van der Waals surface area (Å²) in [6.07, 6.45) is 4.93. The van der Waals surface area contributed by atoms with Crippen LogP contribution in [0.1, 0.15) is 11.4 Å². The standard InChI is InChI=1S/C17H14ClFN8O/c18-11-7-9(1-2-12(11)19)24-15(27-28)10-3-4-22-16-14(10)25-17(26-16)23-8-13-20-5-6-21-13/h1-7,28H,8H2,(H,20,21)(H,24,27)(H2,22,23,25,26). The zero-order valence-corrected chi connectivity index (χ0v) is 15.0. The van der Waals surface area contributed by atoms with Gasteiger partial charge in [-0.15, -0.1) is 0 Å². The van der Waals surface area contributed by atoms with Crippen LogP contribution in [0.25, 0.3) is 11.2 Å². The number of anilines is 2. The second-order valence-electron chi connectivity index (χ2n) is 5.73. The predicted molar refractivity (Wildman–Crippen MR) is 103 cm³/mol. The van der Waals surface area contributed by atoms with Crippen molar-refractivity contribution < 1.29 is 9.60 Å². The molecule has 0 saturated heterocycles. The summed E-state index contributed by atoms with van der Waals surface area (Å²) in [6.45, 7) is 0.440. The van der Waals surface area contributed by atoms with Crippen LogP contribution in [0.4, 0.5) is 16.0 Å². The quantitative estimate of drug-likeness (QED) is 0.151. The van der Waals surface area contributed by atoms with Crippen LogP contribution < -0.4 is 10.6 Å². The maximum atomic E-state index is 13.4. The van der Waals surface area contributed by atoms with Gasteiger partial charge >= 0.3 is 0 Å². The lowest BCUT2D eigenvalue weighted by Gasteiger charge is -2.09. The van der Waals surface area contributed by atoms with Crippen molar-refractivity contribution in [3.05, 3.63) is 65.1 Å². The third kappa shape index (κ3) is 3.58. The van der Waals surface area contributed by atoms with Crippen molar-refractivity contribution >= 4 is 40.2 Å². The molecule has 4 rings (SSSR count). The lowest BCUT2D eigenvalue weighted by atomic mass is 10.2. The van der Waals surface area contributed by atoms with Crippen LogP contribution in [0.2, 0.25) is 5.02 Å². The molecule has 0 saturated carbocycles. The normalized spacial score (nSPS) is 11.7. The van der Waals surface area contributed by atoms with Gasteiger partial charge in [0.1, 0.15) is 11.6 Å². The van der Waals surface area contributed by atoms with Crippen molar-refractivity contribution in [1.82, 2.24) is 24.9 Å². The highest BCUT2D eigenvalue weighted by Gasteiger charge is 2.14. The first-order valence-corrected chi connectivity index (χ1v) is 8.53. The summed E-state index contributed by atoms with van der Waals surface area (Å²) in [7, 11) is 0. The number of nitrogens with zero attached hydrogens (tertiary/aromatic N) is 4. The Balaban J connectivity index is 1.61. The molecule has 11 heteroatoms. The average Bonchev–Trinajstić information content (AvgIpc) is 3.36. The zero-order chi connectivity index (χ0) is 19.5. The Labute approximate surface area is 162 Å². The minimum absolute atomic E-state index is 0.0480. The topological polar surface area (TPSA) is 127 Å². The molecule has 3 heterocycles. The highest BCUT2D eigenvalue weighted by atomic mass is 35.5. The summed E-state index contributed by atoms with van der Waals surface area (Å²) < 4.78 is 13.4. The summed E-state index contributed by atoms with van der Waals surface area (Å²) in [5.41, 5.74) is 1.96. The molecule has 5 N–H and O–H groups in total. The van der Waals surface area contributed by atoms with Gasteiger partial charge in [-0.05, 0) is 24.3 Å². The number of H-pyrrole nitrogens is 2. The molecule has 0 amide bonds. The molecule has 0 aliphatic heterocycles. The molecular formula is C17H14ClFN8O. The van der Waals surface area contributed by atoms with Gasteiger partial charge in [0.05, 0.1) is 17.1 Å². The largest absolute Gasteiger partial charge is 0.409 e. The number of aromatic nitrogens is 5. The minimum atomic E-state index is -0.540. The van der Waals surface area contributed by atoms with Gasteiger partial charge in [0, 0.05) is 29.8 Å². The first-order valence-electron chi connectivity index (χ1n) is 8.15. The van der Waals surface area contributed by atoms with Gasteiger partial charge in [0.25, 0.3) is 0 Å². The van der Waals surface area contributed by atoms with Crippen molar-refractivity contribution in [2.75, 3.05) is 10.6 Å². The van der Waals surface area contributed by atoms with Gasteiger partial charge in [-0.3, -0.25) is 0 Å². The fraction of sp³-hybridized carbons (Fsp3) is 0.0588. The molecule has 1 aromatic carbocycles. The van der Waals surface area contributed by atoms with Crippen LogP contribution in [0.3, 0.4) is 0 Å². The van der Waals surface area contributed by atoms with Gasteiger partial charge in [-0.2, -0.15) is 4.98 Å². The molecule has 0 aliphatic carbocycles. The number of fused-ring (bicyclic) bond motifs is 1. The molecule has 0 radical (unpaired) electrons. The highest BCUT2D eigenvalue weighted by Crippen LogP contribution is 2.22. The molecule has 4 aromatic rings. The predicted octanol–water partition coefficient (Wildman–Crippen LogP) is 3.33. The molecule has 28 heavy (non-hydrogen) atoms. The number of aromatic amines is 2. The first-order chi connectivity index (χ1) is 13.6. The van der Waals surface area contributed by atoms with Crippen molar-refractivity contribution in [1.29, 1.82) is 0 Å². The van der Waals surface area contributed by atoms with Crippen molar-refractivity contribution in [2.24, 2.45) is 5.16 Å². The fourth-order valence-corrected chi connectivity index (χ4v) is 2.79. The zero-order valence-electron chi connectivity index (χ0n) is 14.2. The number of hydrogen-bond donors (Lipinski definition) is 5.